The molecule has 0 aliphatic rings. The molecule has 0 aliphatic heterocycles. The number of anilines is 1. The van der Waals surface area contributed by atoms with Crippen molar-refractivity contribution in [3.8, 4) is 17.6 Å². The maximum absolute atomic E-state index is 12.5. The third kappa shape index (κ3) is 6.72. The fourth-order valence-electron chi connectivity index (χ4n) is 2.24. The normalized spacial score (nSPS) is 10.4. The lowest BCUT2D eigenvalue weighted by Crippen LogP contribution is -2.29. The largest absolute Gasteiger partial charge is 0.481 e. The van der Waals surface area contributed by atoms with Gasteiger partial charge in [0.25, 0.3) is 0 Å². The summed E-state index contributed by atoms with van der Waals surface area (Å²) in [6, 6.07) is 11.2. The Balaban J connectivity index is 1.74. The first-order valence-corrected chi connectivity index (χ1v) is 8.39. The molecule has 0 spiro atoms. The summed E-state index contributed by atoms with van der Waals surface area (Å²) in [6.07, 6.45) is -1.94. The summed E-state index contributed by atoms with van der Waals surface area (Å²) in [4.78, 5) is 11.7. The number of alkyl halides is 3. The van der Waals surface area contributed by atoms with Crippen molar-refractivity contribution in [3.63, 3.8) is 0 Å². The van der Waals surface area contributed by atoms with Gasteiger partial charge in [0.15, 0.2) is 0 Å². The van der Waals surface area contributed by atoms with Gasteiger partial charge in [-0.05, 0) is 42.3 Å². The van der Waals surface area contributed by atoms with E-state index >= 15 is 0 Å². The van der Waals surface area contributed by atoms with Crippen LogP contribution in [0.25, 0.3) is 0 Å². The lowest BCUT2D eigenvalue weighted by molar-refractivity contribution is -0.137. The molecule has 2 aromatic rings. The molecule has 28 heavy (non-hydrogen) atoms. The highest BCUT2D eigenvalue weighted by Crippen LogP contribution is 2.29. The third-order valence-corrected chi connectivity index (χ3v) is 3.57. The van der Waals surface area contributed by atoms with Crippen LogP contribution in [-0.2, 0) is 12.6 Å². The van der Waals surface area contributed by atoms with Gasteiger partial charge in [0, 0.05) is 5.69 Å². The molecule has 146 valence electrons. The van der Waals surface area contributed by atoms with Gasteiger partial charge in [-0.25, -0.2) is 4.79 Å². The van der Waals surface area contributed by atoms with Crippen molar-refractivity contribution in [2.75, 3.05) is 18.5 Å². The van der Waals surface area contributed by atoms with E-state index in [1.165, 1.54) is 12.1 Å². The van der Waals surface area contributed by atoms with Gasteiger partial charge < -0.3 is 15.4 Å². The van der Waals surface area contributed by atoms with E-state index in [0.717, 1.165) is 23.4 Å². The van der Waals surface area contributed by atoms with E-state index < -0.39 is 17.8 Å². The van der Waals surface area contributed by atoms with Gasteiger partial charge in [-0.1, -0.05) is 36.1 Å². The lowest BCUT2D eigenvalue weighted by Gasteiger charge is -2.09. The number of ether oxygens (including phenoxy) is 1. The average molecular weight is 388 g/mol. The van der Waals surface area contributed by atoms with Crippen molar-refractivity contribution < 1.29 is 22.7 Å². The first kappa shape index (κ1) is 20.9. The van der Waals surface area contributed by atoms with Crippen LogP contribution in [0, 0.1) is 11.8 Å². The molecule has 2 rings (SSSR count). The summed E-state index contributed by atoms with van der Waals surface area (Å²) in [5.74, 6) is 6.24. The molecule has 2 aromatic carbocycles. The predicted octanol–water partition coefficient (Wildman–Crippen LogP) is 4.64. The monoisotopic (exact) mass is 388 g/mol. The van der Waals surface area contributed by atoms with Gasteiger partial charge in [-0.3, -0.25) is 0 Å². The van der Waals surface area contributed by atoms with Crippen LogP contribution < -0.4 is 15.4 Å². The molecule has 2 amide bonds. The molecule has 0 saturated heterocycles. The second-order valence-electron chi connectivity index (χ2n) is 5.63. The molecule has 7 heteroatoms. The lowest BCUT2D eigenvalue weighted by atomic mass is 10.1. The van der Waals surface area contributed by atoms with Crippen LogP contribution in [-0.4, -0.2) is 19.2 Å². The quantitative estimate of drug-likeness (QED) is 0.560. The van der Waals surface area contributed by atoms with E-state index in [0.29, 0.717) is 6.42 Å². The minimum Gasteiger partial charge on any atom is -0.481 e. The number of para-hydroxylation sites is 1. The molecule has 0 aromatic heterocycles. The molecule has 0 heterocycles. The van der Waals surface area contributed by atoms with Gasteiger partial charge in [0.2, 0.25) is 0 Å². The summed E-state index contributed by atoms with van der Waals surface area (Å²) >= 11 is 0. The predicted molar refractivity (Wildman–Crippen MR) is 102 cm³/mol. The zero-order valence-electron chi connectivity index (χ0n) is 15.0. The average Bonchev–Trinajstić information content (AvgIpc) is 2.65. The molecule has 0 unspecified atom stereocenters. The smallest absolute Gasteiger partial charge is 0.416 e. The molecule has 0 aliphatic carbocycles. The Kier molecular flexibility index (Phi) is 7.52. The highest BCUT2D eigenvalue weighted by molar-refractivity contribution is 5.89. The number of benzene rings is 2. The highest BCUT2D eigenvalue weighted by atomic mass is 19.4. The van der Waals surface area contributed by atoms with Crippen molar-refractivity contribution in [2.24, 2.45) is 0 Å². The van der Waals surface area contributed by atoms with Crippen molar-refractivity contribution >= 4 is 11.7 Å². The molecule has 0 fully saturated rings. The molecule has 0 bridgehead atoms. The summed E-state index contributed by atoms with van der Waals surface area (Å²) in [5, 5.41) is 4.92. The van der Waals surface area contributed by atoms with E-state index in [-0.39, 0.29) is 18.8 Å². The Morgan fingerprint density at radius 3 is 2.50 bits per heavy atom. The standard InChI is InChI=1S/C21H19F3N2O2/c1-2-7-16-8-3-4-9-19(16)28-15-6-5-14-25-20(27)26-18-12-10-17(11-13-18)21(22,23)24/h2-4,8-13H,1,7,14-15H2,(H2,25,26,27). The molecule has 0 radical (unpaired) electrons. The number of amides is 2. The van der Waals surface area contributed by atoms with Gasteiger partial charge >= 0.3 is 12.2 Å². The van der Waals surface area contributed by atoms with E-state index in [1.54, 1.807) is 6.08 Å². The van der Waals surface area contributed by atoms with Crippen molar-refractivity contribution in [3.05, 3.63) is 72.3 Å². The maximum atomic E-state index is 12.5. The number of carbonyl (C=O) groups excluding carboxylic acids is 1. The van der Waals surface area contributed by atoms with Gasteiger partial charge in [-0.2, -0.15) is 13.2 Å². The highest BCUT2D eigenvalue weighted by Gasteiger charge is 2.29. The van der Waals surface area contributed by atoms with Crippen LogP contribution >= 0.6 is 0 Å². The fourth-order valence-corrected chi connectivity index (χ4v) is 2.24. The summed E-state index contributed by atoms with van der Waals surface area (Å²) in [7, 11) is 0. The second-order valence-corrected chi connectivity index (χ2v) is 5.63. The van der Waals surface area contributed by atoms with Crippen molar-refractivity contribution in [2.45, 2.75) is 12.6 Å². The number of hydrogen-bond acceptors (Lipinski definition) is 2. The summed E-state index contributed by atoms with van der Waals surface area (Å²) in [6.45, 7) is 3.94. The van der Waals surface area contributed by atoms with Crippen LogP contribution in [0.2, 0.25) is 0 Å². The first-order chi connectivity index (χ1) is 13.4. The first-order valence-electron chi connectivity index (χ1n) is 8.39. The molecular weight excluding hydrogens is 369 g/mol. The number of halogens is 3. The van der Waals surface area contributed by atoms with Gasteiger partial charge in [0.1, 0.15) is 12.4 Å². The number of rotatable bonds is 6. The Bertz CT molecular complexity index is 866. The summed E-state index contributed by atoms with van der Waals surface area (Å²) in [5.41, 5.74) is 0.480. The topological polar surface area (TPSA) is 50.4 Å². The van der Waals surface area contributed by atoms with Crippen molar-refractivity contribution in [1.29, 1.82) is 0 Å². The van der Waals surface area contributed by atoms with E-state index in [2.05, 4.69) is 29.1 Å². The molecule has 0 saturated carbocycles. The van der Waals surface area contributed by atoms with Crippen LogP contribution in [0.15, 0.2) is 61.2 Å². The minimum atomic E-state index is -4.41. The Morgan fingerprint density at radius 1 is 1.11 bits per heavy atom. The van der Waals surface area contributed by atoms with Crippen molar-refractivity contribution in [1.82, 2.24) is 5.32 Å². The Morgan fingerprint density at radius 2 is 1.82 bits per heavy atom. The van der Waals surface area contributed by atoms with Crippen LogP contribution in [0.1, 0.15) is 11.1 Å². The van der Waals surface area contributed by atoms with Crippen LogP contribution in [0.3, 0.4) is 0 Å². The van der Waals surface area contributed by atoms with E-state index in [1.807, 2.05) is 24.3 Å². The van der Waals surface area contributed by atoms with Gasteiger partial charge in [-0.15, -0.1) is 6.58 Å². The van der Waals surface area contributed by atoms with E-state index in [9.17, 15) is 18.0 Å². The Hall–Kier alpha value is -3.40. The van der Waals surface area contributed by atoms with E-state index in [4.69, 9.17) is 4.74 Å². The van der Waals surface area contributed by atoms with Gasteiger partial charge in [0.05, 0.1) is 12.1 Å². The van der Waals surface area contributed by atoms with Crippen LogP contribution in [0.4, 0.5) is 23.7 Å². The third-order valence-electron chi connectivity index (χ3n) is 3.57. The minimum absolute atomic E-state index is 0.0735. The molecule has 0 atom stereocenters. The second kappa shape index (κ2) is 10.1. The number of urea groups is 1. The number of hydrogen-bond donors (Lipinski definition) is 2. The fraction of sp³-hybridized carbons (Fsp3) is 0.190. The molecule has 2 N–H and O–H groups in total. The number of nitrogens with one attached hydrogen (secondary N) is 2. The number of carbonyl (C=O) groups is 1. The SMILES string of the molecule is C=CCc1ccccc1OCC#CCNC(=O)Nc1ccc(C(F)(F)F)cc1. The number of allylic oxidation sites excluding steroid dienone is 1. The Labute approximate surface area is 161 Å². The van der Waals surface area contributed by atoms with Crippen LogP contribution in [0.5, 0.6) is 5.75 Å². The summed E-state index contributed by atoms with van der Waals surface area (Å²) < 4.78 is 43.1. The molecular formula is C21H19F3N2O2. The maximum Gasteiger partial charge on any atom is 0.416 e. The zero-order chi connectivity index (χ0) is 20.4. The molecule has 4 nitrogen and oxygen atoms in total. The zero-order valence-corrected chi connectivity index (χ0v) is 15.0.